The second-order valence-electron chi connectivity index (χ2n) is 4.26. The van der Waals surface area contributed by atoms with E-state index in [2.05, 4.69) is 17.5 Å². The van der Waals surface area contributed by atoms with Crippen molar-refractivity contribution in [2.24, 2.45) is 5.73 Å². The van der Waals surface area contributed by atoms with Crippen LogP contribution in [0.25, 0.3) is 0 Å². The molecular weight excluding hydrogens is 285 g/mol. The van der Waals surface area contributed by atoms with Gasteiger partial charge in [0.2, 0.25) is 0 Å². The van der Waals surface area contributed by atoms with Crippen LogP contribution in [0.15, 0.2) is 30.3 Å². The summed E-state index contributed by atoms with van der Waals surface area (Å²) < 4.78 is 41.2. The van der Waals surface area contributed by atoms with Crippen molar-refractivity contribution in [2.45, 2.75) is 6.92 Å². The smallest absolute Gasteiger partial charge is 0.182 e. The van der Waals surface area contributed by atoms with Gasteiger partial charge in [-0.2, -0.15) is 0 Å². The fraction of sp³-hybridized carbons (Fsp3) is 0.0714. The number of rotatable bonds is 3. The van der Waals surface area contributed by atoms with E-state index < -0.39 is 17.5 Å². The summed E-state index contributed by atoms with van der Waals surface area (Å²) in [6.45, 7) is 1.76. The Morgan fingerprint density at radius 1 is 1.05 bits per heavy atom. The van der Waals surface area contributed by atoms with Crippen LogP contribution >= 0.6 is 12.2 Å². The van der Waals surface area contributed by atoms with Gasteiger partial charge in [0.1, 0.15) is 10.8 Å². The largest absolute Gasteiger partial charge is 0.389 e. The van der Waals surface area contributed by atoms with Gasteiger partial charge >= 0.3 is 0 Å². The van der Waals surface area contributed by atoms with E-state index in [0.29, 0.717) is 0 Å². The molecule has 0 aromatic heterocycles. The van der Waals surface area contributed by atoms with Gasteiger partial charge in [-0.15, -0.1) is 0 Å². The van der Waals surface area contributed by atoms with Gasteiger partial charge in [0.25, 0.3) is 0 Å². The number of halogens is 3. The quantitative estimate of drug-likeness (QED) is 0.846. The van der Waals surface area contributed by atoms with Gasteiger partial charge in [-0.1, -0.05) is 18.3 Å². The number of aryl methyl sites for hydroxylation is 1. The minimum Gasteiger partial charge on any atom is -0.389 e. The molecule has 2 nitrogen and oxygen atoms in total. The summed E-state index contributed by atoms with van der Waals surface area (Å²) in [7, 11) is 0. The molecule has 0 amide bonds. The molecule has 0 spiro atoms. The normalized spacial score (nSPS) is 10.4. The third kappa shape index (κ3) is 2.75. The van der Waals surface area contributed by atoms with Crippen LogP contribution in [0.2, 0.25) is 0 Å². The first-order chi connectivity index (χ1) is 9.40. The highest BCUT2D eigenvalue weighted by Crippen LogP contribution is 2.26. The van der Waals surface area contributed by atoms with Gasteiger partial charge in [-0.3, -0.25) is 0 Å². The maximum Gasteiger partial charge on any atom is 0.182 e. The zero-order chi connectivity index (χ0) is 14.9. The van der Waals surface area contributed by atoms with Crippen LogP contribution < -0.4 is 11.1 Å². The number of nitrogens with two attached hydrogens (primary N) is 1. The zero-order valence-corrected chi connectivity index (χ0v) is 11.3. The minimum atomic E-state index is -1.16. The van der Waals surface area contributed by atoms with Crippen molar-refractivity contribution in [1.82, 2.24) is 0 Å². The maximum absolute atomic E-state index is 13.9. The van der Waals surface area contributed by atoms with Gasteiger partial charge < -0.3 is 11.1 Å². The van der Waals surface area contributed by atoms with Crippen molar-refractivity contribution in [1.29, 1.82) is 0 Å². The van der Waals surface area contributed by atoms with Crippen LogP contribution in [-0.2, 0) is 0 Å². The molecule has 0 aliphatic rings. The highest BCUT2D eigenvalue weighted by molar-refractivity contribution is 7.80. The molecule has 0 atom stereocenters. The first-order valence-electron chi connectivity index (χ1n) is 5.71. The Morgan fingerprint density at radius 2 is 1.75 bits per heavy atom. The van der Waals surface area contributed by atoms with Crippen molar-refractivity contribution >= 4 is 28.6 Å². The summed E-state index contributed by atoms with van der Waals surface area (Å²) in [4.78, 5) is -0.241. The monoisotopic (exact) mass is 296 g/mol. The molecule has 0 heterocycles. The SMILES string of the molecule is Cc1ccc(F)c(Nc2ccc(C(N)=S)c(F)c2F)c1. The van der Waals surface area contributed by atoms with Crippen molar-refractivity contribution < 1.29 is 13.2 Å². The second kappa shape index (κ2) is 5.50. The summed E-state index contributed by atoms with van der Waals surface area (Å²) >= 11 is 4.61. The van der Waals surface area contributed by atoms with Gasteiger partial charge in [0.05, 0.1) is 11.4 Å². The number of hydrogen-bond donors (Lipinski definition) is 2. The van der Waals surface area contributed by atoms with Crippen LogP contribution in [0.5, 0.6) is 0 Å². The van der Waals surface area contributed by atoms with Crippen molar-refractivity contribution in [2.75, 3.05) is 5.32 Å². The van der Waals surface area contributed by atoms with Gasteiger partial charge in [-0.25, -0.2) is 13.2 Å². The molecule has 0 fully saturated rings. The van der Waals surface area contributed by atoms with E-state index in [1.807, 2.05) is 0 Å². The molecule has 6 heteroatoms. The van der Waals surface area contributed by atoms with Crippen LogP contribution in [-0.4, -0.2) is 4.99 Å². The summed E-state index contributed by atoms with van der Waals surface area (Å²) in [6, 6.07) is 6.82. The van der Waals surface area contributed by atoms with Crippen molar-refractivity contribution in [3.05, 3.63) is 58.9 Å². The molecule has 0 unspecified atom stereocenters. The summed E-state index contributed by atoms with van der Waals surface area (Å²) in [5.41, 5.74) is 5.75. The number of hydrogen-bond acceptors (Lipinski definition) is 2. The fourth-order valence-electron chi connectivity index (χ4n) is 1.72. The topological polar surface area (TPSA) is 38.0 Å². The van der Waals surface area contributed by atoms with Crippen LogP contribution in [0.1, 0.15) is 11.1 Å². The molecule has 0 radical (unpaired) electrons. The van der Waals surface area contributed by atoms with E-state index in [9.17, 15) is 13.2 Å². The van der Waals surface area contributed by atoms with E-state index in [0.717, 1.165) is 5.56 Å². The highest BCUT2D eigenvalue weighted by Gasteiger charge is 2.16. The molecule has 0 bridgehead atoms. The first kappa shape index (κ1) is 14.3. The lowest BCUT2D eigenvalue weighted by atomic mass is 10.1. The molecule has 2 rings (SSSR count). The Labute approximate surface area is 119 Å². The standard InChI is InChI=1S/C14H11F3N2S/c1-7-2-4-9(15)11(6-7)19-10-5-3-8(14(18)20)12(16)13(10)17/h2-6,19H,1H3,(H2,18,20). The van der Waals surface area contributed by atoms with Crippen molar-refractivity contribution in [3.63, 3.8) is 0 Å². The molecule has 20 heavy (non-hydrogen) atoms. The third-order valence-corrected chi connectivity index (χ3v) is 2.96. The van der Waals surface area contributed by atoms with E-state index in [-0.39, 0.29) is 21.9 Å². The maximum atomic E-state index is 13.9. The van der Waals surface area contributed by atoms with Crippen LogP contribution in [0.3, 0.4) is 0 Å². The van der Waals surface area contributed by atoms with Crippen LogP contribution in [0, 0.1) is 24.4 Å². The summed E-state index contributed by atoms with van der Waals surface area (Å²) in [6.07, 6.45) is 0. The van der Waals surface area contributed by atoms with Gasteiger partial charge in [0.15, 0.2) is 11.6 Å². The Hall–Kier alpha value is -2.08. The summed E-state index contributed by atoms with van der Waals surface area (Å²) in [5, 5.41) is 2.51. The molecule has 0 saturated carbocycles. The number of benzene rings is 2. The lowest BCUT2D eigenvalue weighted by Gasteiger charge is -2.11. The van der Waals surface area contributed by atoms with E-state index in [1.165, 1.54) is 24.3 Å². The first-order valence-corrected chi connectivity index (χ1v) is 6.12. The molecule has 2 aromatic carbocycles. The zero-order valence-electron chi connectivity index (χ0n) is 10.5. The second-order valence-corrected chi connectivity index (χ2v) is 4.70. The average Bonchev–Trinajstić information content (AvgIpc) is 2.39. The minimum absolute atomic E-state index is 0.0615. The molecule has 3 N–H and O–H groups in total. The van der Waals surface area contributed by atoms with E-state index in [4.69, 9.17) is 5.73 Å². The summed E-state index contributed by atoms with van der Waals surface area (Å²) in [5.74, 6) is -2.87. The number of thiocarbonyl (C=S) groups is 1. The Balaban J connectivity index is 2.42. The van der Waals surface area contributed by atoms with Gasteiger partial charge in [-0.05, 0) is 36.8 Å². The molecule has 0 saturated heterocycles. The molecular formula is C14H11F3N2S. The predicted molar refractivity (Wildman–Crippen MR) is 76.7 cm³/mol. The number of nitrogens with one attached hydrogen (secondary N) is 1. The molecule has 104 valence electrons. The Bertz CT molecular complexity index is 686. The average molecular weight is 296 g/mol. The van der Waals surface area contributed by atoms with Crippen molar-refractivity contribution in [3.8, 4) is 0 Å². The fourth-order valence-corrected chi connectivity index (χ4v) is 1.87. The van der Waals surface area contributed by atoms with E-state index >= 15 is 0 Å². The predicted octanol–water partition coefficient (Wildman–Crippen LogP) is 3.79. The lowest BCUT2D eigenvalue weighted by Crippen LogP contribution is -2.13. The molecule has 2 aromatic rings. The highest BCUT2D eigenvalue weighted by atomic mass is 32.1. The van der Waals surface area contributed by atoms with Gasteiger partial charge in [0, 0.05) is 5.56 Å². The number of anilines is 2. The lowest BCUT2D eigenvalue weighted by molar-refractivity contribution is 0.510. The van der Waals surface area contributed by atoms with Crippen LogP contribution in [0.4, 0.5) is 24.5 Å². The Morgan fingerprint density at radius 3 is 2.40 bits per heavy atom. The van der Waals surface area contributed by atoms with E-state index in [1.54, 1.807) is 13.0 Å². The molecule has 0 aliphatic heterocycles. The third-order valence-electron chi connectivity index (χ3n) is 2.74. The Kier molecular flexibility index (Phi) is 3.94. The molecule has 0 aliphatic carbocycles.